The molecule has 1 unspecified atom stereocenters. The molecule has 2 amide bonds. The number of amides is 2. The summed E-state index contributed by atoms with van der Waals surface area (Å²) in [5.74, 6) is 1.76. The fourth-order valence-electron chi connectivity index (χ4n) is 4.69. The van der Waals surface area contributed by atoms with E-state index >= 15 is 0 Å². The number of likely N-dealkylation sites (tertiary alicyclic amines) is 2. The van der Waals surface area contributed by atoms with Gasteiger partial charge in [0.2, 0.25) is 5.91 Å². The average Bonchev–Trinajstić information content (AvgIpc) is 3.15. The van der Waals surface area contributed by atoms with Gasteiger partial charge in [0.05, 0.1) is 24.3 Å². The molecule has 7 nitrogen and oxygen atoms in total. The van der Waals surface area contributed by atoms with Crippen LogP contribution in [0, 0.1) is 19.8 Å². The summed E-state index contributed by atoms with van der Waals surface area (Å²) in [6, 6.07) is 7.52. The van der Waals surface area contributed by atoms with Crippen molar-refractivity contribution in [3.8, 4) is 5.75 Å². The Morgan fingerprint density at radius 3 is 2.56 bits per heavy atom. The summed E-state index contributed by atoms with van der Waals surface area (Å²) in [4.78, 5) is 29.7. The zero-order valence-electron chi connectivity index (χ0n) is 19.1. The van der Waals surface area contributed by atoms with E-state index in [-0.39, 0.29) is 17.7 Å². The molecule has 172 valence electrons. The predicted molar refractivity (Wildman–Crippen MR) is 121 cm³/mol. The van der Waals surface area contributed by atoms with E-state index in [0.717, 1.165) is 56.6 Å². The Hall–Kier alpha value is -2.83. The molecule has 0 saturated carbocycles. The molecule has 0 radical (unpaired) electrons. The highest BCUT2D eigenvalue weighted by Crippen LogP contribution is 2.25. The highest BCUT2D eigenvalue weighted by atomic mass is 16.5. The van der Waals surface area contributed by atoms with Crippen molar-refractivity contribution in [3.05, 3.63) is 46.8 Å². The quantitative estimate of drug-likeness (QED) is 0.685. The molecule has 7 heteroatoms. The summed E-state index contributed by atoms with van der Waals surface area (Å²) in [6.07, 6.45) is 5.60. The van der Waals surface area contributed by atoms with E-state index in [2.05, 4.69) is 5.16 Å². The lowest BCUT2D eigenvalue weighted by Crippen LogP contribution is -2.42. The number of nitrogens with zero attached hydrogens (tertiary/aromatic N) is 3. The minimum absolute atomic E-state index is 0.0557. The molecule has 32 heavy (non-hydrogen) atoms. The number of piperidine rings is 2. The summed E-state index contributed by atoms with van der Waals surface area (Å²) in [5.41, 5.74) is 2.30. The summed E-state index contributed by atoms with van der Waals surface area (Å²) in [7, 11) is 0. The standard InChI is InChI=1S/C25H33N3O4/c1-18-22(19(2)32-26-18)15-24(29)28-14-8-9-20(16-28)17-31-23-11-5-4-10-21(23)25(30)27-12-6-3-7-13-27/h4-5,10-11,20H,3,6-9,12-17H2,1-2H3. The third-order valence-electron chi connectivity index (χ3n) is 6.62. The first-order chi connectivity index (χ1) is 15.5. The molecule has 2 fully saturated rings. The van der Waals surface area contributed by atoms with Crippen molar-refractivity contribution >= 4 is 11.8 Å². The molecule has 2 saturated heterocycles. The lowest BCUT2D eigenvalue weighted by molar-refractivity contribution is -0.132. The molecule has 0 aliphatic carbocycles. The maximum atomic E-state index is 13.0. The van der Waals surface area contributed by atoms with Crippen molar-refractivity contribution < 1.29 is 18.8 Å². The van der Waals surface area contributed by atoms with Crippen LogP contribution in [0.2, 0.25) is 0 Å². The van der Waals surface area contributed by atoms with Gasteiger partial charge in [0.15, 0.2) is 0 Å². The minimum atomic E-state index is 0.0557. The topological polar surface area (TPSA) is 75.9 Å². The first-order valence-corrected chi connectivity index (χ1v) is 11.7. The molecular weight excluding hydrogens is 406 g/mol. The average molecular weight is 440 g/mol. The highest BCUT2D eigenvalue weighted by molar-refractivity contribution is 5.97. The van der Waals surface area contributed by atoms with Gasteiger partial charge in [0, 0.05) is 37.7 Å². The van der Waals surface area contributed by atoms with Crippen LogP contribution >= 0.6 is 0 Å². The fraction of sp³-hybridized carbons (Fsp3) is 0.560. The van der Waals surface area contributed by atoms with Gasteiger partial charge in [0.25, 0.3) is 5.91 Å². The number of aromatic nitrogens is 1. The Balaban J connectivity index is 1.35. The molecule has 3 heterocycles. The van der Waals surface area contributed by atoms with Crippen LogP contribution in [-0.2, 0) is 11.2 Å². The number of ether oxygens (including phenoxy) is 1. The lowest BCUT2D eigenvalue weighted by Gasteiger charge is -2.33. The van der Waals surface area contributed by atoms with Gasteiger partial charge < -0.3 is 19.1 Å². The molecular formula is C25H33N3O4. The second kappa shape index (κ2) is 10.2. The maximum absolute atomic E-state index is 13.0. The first kappa shape index (κ1) is 22.4. The zero-order valence-corrected chi connectivity index (χ0v) is 19.1. The number of rotatable bonds is 6. The van der Waals surface area contributed by atoms with Crippen molar-refractivity contribution in [2.75, 3.05) is 32.8 Å². The van der Waals surface area contributed by atoms with Gasteiger partial charge >= 0.3 is 0 Å². The smallest absolute Gasteiger partial charge is 0.257 e. The van der Waals surface area contributed by atoms with Crippen LogP contribution in [0.3, 0.4) is 0 Å². The number of hydrogen-bond donors (Lipinski definition) is 0. The van der Waals surface area contributed by atoms with Crippen LogP contribution in [0.5, 0.6) is 5.75 Å². The number of para-hydroxylation sites is 1. The normalized spacial score (nSPS) is 19.1. The van der Waals surface area contributed by atoms with Crippen LogP contribution in [0.4, 0.5) is 0 Å². The second-order valence-corrected chi connectivity index (χ2v) is 8.99. The van der Waals surface area contributed by atoms with Crippen LogP contribution in [-0.4, -0.2) is 59.6 Å². The summed E-state index contributed by atoms with van der Waals surface area (Å²) >= 11 is 0. The molecule has 4 rings (SSSR count). The van der Waals surface area contributed by atoms with E-state index in [0.29, 0.717) is 36.6 Å². The van der Waals surface area contributed by atoms with Gasteiger partial charge in [-0.3, -0.25) is 9.59 Å². The fourth-order valence-corrected chi connectivity index (χ4v) is 4.69. The zero-order chi connectivity index (χ0) is 22.5. The number of carbonyl (C=O) groups is 2. The van der Waals surface area contributed by atoms with Crippen LogP contribution in [0.1, 0.15) is 59.5 Å². The second-order valence-electron chi connectivity index (χ2n) is 8.99. The first-order valence-electron chi connectivity index (χ1n) is 11.7. The Bertz CT molecular complexity index is 929. The van der Waals surface area contributed by atoms with E-state index < -0.39 is 0 Å². The molecule has 0 spiro atoms. The van der Waals surface area contributed by atoms with Gasteiger partial charge in [-0.05, 0) is 58.1 Å². The van der Waals surface area contributed by atoms with Gasteiger partial charge in [0.1, 0.15) is 11.5 Å². The summed E-state index contributed by atoms with van der Waals surface area (Å²) in [5, 5.41) is 3.95. The van der Waals surface area contributed by atoms with Gasteiger partial charge in [-0.25, -0.2) is 0 Å². The van der Waals surface area contributed by atoms with Gasteiger partial charge in [-0.1, -0.05) is 17.3 Å². The van der Waals surface area contributed by atoms with Crippen LogP contribution in [0.25, 0.3) is 0 Å². The third-order valence-corrected chi connectivity index (χ3v) is 6.62. The summed E-state index contributed by atoms with van der Waals surface area (Å²) < 4.78 is 11.3. The van der Waals surface area contributed by atoms with Crippen molar-refractivity contribution in [2.24, 2.45) is 5.92 Å². The Morgan fingerprint density at radius 2 is 1.81 bits per heavy atom. The van der Waals surface area contributed by atoms with Gasteiger partial charge in [-0.2, -0.15) is 0 Å². The highest BCUT2D eigenvalue weighted by Gasteiger charge is 2.27. The number of benzene rings is 1. The Labute approximate surface area is 189 Å². The molecule has 1 atom stereocenters. The molecule has 0 N–H and O–H groups in total. The van der Waals surface area contributed by atoms with E-state index in [1.54, 1.807) is 0 Å². The SMILES string of the molecule is Cc1noc(C)c1CC(=O)N1CCCC(COc2ccccc2C(=O)N2CCCCC2)C1. The molecule has 2 aliphatic heterocycles. The minimum Gasteiger partial charge on any atom is -0.492 e. The predicted octanol–water partition coefficient (Wildman–Crippen LogP) is 3.78. The van der Waals surface area contributed by atoms with Crippen molar-refractivity contribution in [1.29, 1.82) is 0 Å². The van der Waals surface area contributed by atoms with Crippen molar-refractivity contribution in [1.82, 2.24) is 15.0 Å². The van der Waals surface area contributed by atoms with Crippen LogP contribution < -0.4 is 4.74 Å². The van der Waals surface area contributed by atoms with E-state index in [1.807, 2.05) is 47.9 Å². The lowest BCUT2D eigenvalue weighted by atomic mass is 9.98. The van der Waals surface area contributed by atoms with Crippen molar-refractivity contribution in [2.45, 2.75) is 52.4 Å². The largest absolute Gasteiger partial charge is 0.492 e. The van der Waals surface area contributed by atoms with E-state index in [4.69, 9.17) is 9.26 Å². The monoisotopic (exact) mass is 439 g/mol. The van der Waals surface area contributed by atoms with E-state index in [1.165, 1.54) is 6.42 Å². The molecule has 0 bridgehead atoms. The summed E-state index contributed by atoms with van der Waals surface area (Å²) in [6.45, 7) is 7.29. The maximum Gasteiger partial charge on any atom is 0.257 e. The molecule has 1 aromatic heterocycles. The Kier molecular flexibility index (Phi) is 7.12. The molecule has 2 aliphatic rings. The molecule has 2 aromatic rings. The third kappa shape index (κ3) is 5.14. The van der Waals surface area contributed by atoms with E-state index in [9.17, 15) is 9.59 Å². The number of aryl methyl sites for hydroxylation is 2. The van der Waals surface area contributed by atoms with Gasteiger partial charge in [-0.15, -0.1) is 0 Å². The van der Waals surface area contributed by atoms with Crippen LogP contribution in [0.15, 0.2) is 28.8 Å². The number of hydrogen-bond acceptors (Lipinski definition) is 5. The number of carbonyl (C=O) groups excluding carboxylic acids is 2. The molecule has 1 aromatic carbocycles. The van der Waals surface area contributed by atoms with Crippen molar-refractivity contribution in [3.63, 3.8) is 0 Å². The Morgan fingerprint density at radius 1 is 1.06 bits per heavy atom.